The molecule has 0 aromatic carbocycles. The molecule has 0 bridgehead atoms. The summed E-state index contributed by atoms with van der Waals surface area (Å²) in [6, 6.07) is 0.541. The third-order valence-corrected chi connectivity index (χ3v) is 4.44. The molecule has 0 spiro atoms. The number of aliphatic hydroxyl groups excluding tert-OH is 1. The van der Waals surface area contributed by atoms with E-state index in [0.29, 0.717) is 6.04 Å². The summed E-state index contributed by atoms with van der Waals surface area (Å²) in [5, 5.41) is 16.9. The number of aliphatic hydroxyl groups is 1. The lowest BCUT2D eigenvalue weighted by molar-refractivity contribution is 0.113. The van der Waals surface area contributed by atoms with Crippen molar-refractivity contribution in [2.45, 2.75) is 63.6 Å². The van der Waals surface area contributed by atoms with Crippen molar-refractivity contribution in [1.82, 2.24) is 10.3 Å². The second kappa shape index (κ2) is 6.47. The van der Waals surface area contributed by atoms with Crippen LogP contribution in [0.1, 0.15) is 56.5 Å². The molecular weight excluding hydrogens is 232 g/mol. The molecule has 3 unspecified atom stereocenters. The van der Waals surface area contributed by atoms with Gasteiger partial charge in [0.15, 0.2) is 0 Å². The van der Waals surface area contributed by atoms with Gasteiger partial charge in [0, 0.05) is 17.6 Å². The van der Waals surface area contributed by atoms with Crippen LogP contribution in [0.2, 0.25) is 0 Å². The van der Waals surface area contributed by atoms with Crippen LogP contribution in [-0.2, 0) is 0 Å². The Morgan fingerprint density at radius 2 is 2.29 bits per heavy atom. The summed E-state index contributed by atoms with van der Waals surface area (Å²) < 4.78 is 0. The molecule has 0 aliphatic heterocycles. The minimum atomic E-state index is -0.188. The van der Waals surface area contributed by atoms with E-state index in [9.17, 15) is 5.11 Å². The predicted octanol–water partition coefficient (Wildman–Crippen LogP) is 2.88. The van der Waals surface area contributed by atoms with E-state index in [1.165, 1.54) is 12.8 Å². The Balaban J connectivity index is 1.97. The van der Waals surface area contributed by atoms with E-state index >= 15 is 0 Å². The van der Waals surface area contributed by atoms with Gasteiger partial charge in [0.2, 0.25) is 0 Å². The quantitative estimate of drug-likeness (QED) is 0.812. The molecule has 1 aromatic heterocycles. The Labute approximate surface area is 107 Å². The first-order valence-electron chi connectivity index (χ1n) is 6.64. The van der Waals surface area contributed by atoms with Crippen LogP contribution in [0.4, 0.5) is 0 Å². The fourth-order valence-corrected chi connectivity index (χ4v) is 3.29. The Morgan fingerprint density at radius 3 is 3.00 bits per heavy atom. The van der Waals surface area contributed by atoms with Crippen molar-refractivity contribution in [3.8, 4) is 0 Å². The molecule has 1 aromatic rings. The molecule has 1 saturated carbocycles. The van der Waals surface area contributed by atoms with Gasteiger partial charge in [-0.25, -0.2) is 4.98 Å². The van der Waals surface area contributed by atoms with E-state index in [4.69, 9.17) is 0 Å². The molecule has 0 saturated heterocycles. The van der Waals surface area contributed by atoms with Gasteiger partial charge >= 0.3 is 0 Å². The number of hydrogen-bond donors (Lipinski definition) is 2. The van der Waals surface area contributed by atoms with E-state index in [1.807, 2.05) is 11.6 Å². The van der Waals surface area contributed by atoms with Crippen molar-refractivity contribution in [2.75, 3.05) is 0 Å². The summed E-state index contributed by atoms with van der Waals surface area (Å²) in [6.45, 7) is 2.17. The minimum absolute atomic E-state index is 0.188. The third kappa shape index (κ3) is 3.50. The maximum Gasteiger partial charge on any atom is 0.109 e. The molecule has 1 heterocycles. The number of rotatable bonds is 4. The van der Waals surface area contributed by atoms with Crippen molar-refractivity contribution in [1.29, 1.82) is 0 Å². The topological polar surface area (TPSA) is 45.1 Å². The van der Waals surface area contributed by atoms with Gasteiger partial charge < -0.3 is 10.4 Å². The lowest BCUT2D eigenvalue weighted by Gasteiger charge is -2.26. The zero-order valence-corrected chi connectivity index (χ0v) is 11.2. The number of aromatic nitrogens is 1. The highest BCUT2D eigenvalue weighted by Crippen LogP contribution is 2.24. The SMILES string of the molecule is CCC(NC1CCCCCC1O)c1nccs1. The summed E-state index contributed by atoms with van der Waals surface area (Å²) in [5.41, 5.74) is 0. The second-order valence-electron chi connectivity index (χ2n) is 4.81. The highest BCUT2D eigenvalue weighted by molar-refractivity contribution is 7.09. The Bertz CT molecular complexity index is 315. The van der Waals surface area contributed by atoms with Crippen molar-refractivity contribution in [2.24, 2.45) is 0 Å². The highest BCUT2D eigenvalue weighted by atomic mass is 32.1. The van der Waals surface area contributed by atoms with Gasteiger partial charge in [0.05, 0.1) is 12.1 Å². The number of nitrogens with one attached hydrogen (secondary N) is 1. The number of hydrogen-bond acceptors (Lipinski definition) is 4. The average Bonchev–Trinajstić information content (AvgIpc) is 2.79. The minimum Gasteiger partial charge on any atom is -0.392 e. The number of thiazole rings is 1. The molecule has 3 atom stereocenters. The maximum absolute atomic E-state index is 10.1. The van der Waals surface area contributed by atoms with Gasteiger partial charge in [-0.05, 0) is 19.3 Å². The highest BCUT2D eigenvalue weighted by Gasteiger charge is 2.24. The molecule has 0 radical (unpaired) electrons. The Hall–Kier alpha value is -0.450. The van der Waals surface area contributed by atoms with Crippen LogP contribution in [0.3, 0.4) is 0 Å². The monoisotopic (exact) mass is 254 g/mol. The van der Waals surface area contributed by atoms with Crippen LogP contribution in [0.15, 0.2) is 11.6 Å². The van der Waals surface area contributed by atoms with Gasteiger partial charge in [-0.2, -0.15) is 0 Å². The largest absolute Gasteiger partial charge is 0.392 e. The smallest absolute Gasteiger partial charge is 0.109 e. The third-order valence-electron chi connectivity index (χ3n) is 3.55. The molecule has 0 amide bonds. The van der Waals surface area contributed by atoms with Crippen molar-refractivity contribution in [3.05, 3.63) is 16.6 Å². The van der Waals surface area contributed by atoms with Gasteiger partial charge in [0.25, 0.3) is 0 Å². The second-order valence-corrected chi connectivity index (χ2v) is 5.74. The van der Waals surface area contributed by atoms with Gasteiger partial charge in [-0.15, -0.1) is 11.3 Å². The molecule has 2 N–H and O–H groups in total. The van der Waals surface area contributed by atoms with Crippen molar-refractivity contribution < 1.29 is 5.11 Å². The molecule has 3 nitrogen and oxygen atoms in total. The maximum atomic E-state index is 10.1. The normalized spacial score (nSPS) is 27.6. The molecular formula is C13H22N2OS. The molecule has 17 heavy (non-hydrogen) atoms. The summed E-state index contributed by atoms with van der Waals surface area (Å²) in [7, 11) is 0. The van der Waals surface area contributed by atoms with Crippen LogP contribution in [0, 0.1) is 0 Å². The first kappa shape index (κ1) is 13.0. The van der Waals surface area contributed by atoms with Crippen molar-refractivity contribution in [3.63, 3.8) is 0 Å². The summed E-state index contributed by atoms with van der Waals surface area (Å²) >= 11 is 1.70. The fourth-order valence-electron chi connectivity index (χ4n) is 2.51. The van der Waals surface area contributed by atoms with Gasteiger partial charge in [0.1, 0.15) is 5.01 Å². The molecule has 1 fully saturated rings. The Kier molecular flexibility index (Phi) is 4.95. The molecule has 2 rings (SSSR count). The molecule has 96 valence electrons. The van der Waals surface area contributed by atoms with Crippen LogP contribution < -0.4 is 5.32 Å². The van der Waals surface area contributed by atoms with E-state index in [0.717, 1.165) is 30.7 Å². The number of nitrogens with zero attached hydrogens (tertiary/aromatic N) is 1. The van der Waals surface area contributed by atoms with E-state index in [1.54, 1.807) is 11.3 Å². The lowest BCUT2D eigenvalue weighted by Crippen LogP contribution is -2.41. The van der Waals surface area contributed by atoms with E-state index in [2.05, 4.69) is 17.2 Å². The van der Waals surface area contributed by atoms with E-state index < -0.39 is 0 Å². The first-order valence-corrected chi connectivity index (χ1v) is 7.52. The fraction of sp³-hybridized carbons (Fsp3) is 0.769. The summed E-state index contributed by atoms with van der Waals surface area (Å²) in [5.74, 6) is 0. The molecule has 1 aliphatic rings. The van der Waals surface area contributed by atoms with Crippen LogP contribution >= 0.6 is 11.3 Å². The van der Waals surface area contributed by atoms with Crippen LogP contribution in [-0.4, -0.2) is 22.2 Å². The summed E-state index contributed by atoms with van der Waals surface area (Å²) in [4.78, 5) is 4.38. The standard InChI is InChI=1S/C13H22N2OS/c1-2-10(13-14-8-9-17-13)15-11-6-4-3-5-7-12(11)16/h8-12,15-16H,2-7H2,1H3. The summed E-state index contributed by atoms with van der Waals surface area (Å²) in [6.07, 6.45) is 8.35. The zero-order valence-electron chi connectivity index (χ0n) is 10.4. The lowest BCUT2D eigenvalue weighted by atomic mass is 10.0. The van der Waals surface area contributed by atoms with E-state index in [-0.39, 0.29) is 12.1 Å². The van der Waals surface area contributed by atoms with Crippen LogP contribution in [0.5, 0.6) is 0 Å². The average molecular weight is 254 g/mol. The predicted molar refractivity (Wildman–Crippen MR) is 71.2 cm³/mol. The van der Waals surface area contributed by atoms with Crippen molar-refractivity contribution >= 4 is 11.3 Å². The van der Waals surface area contributed by atoms with Gasteiger partial charge in [-0.1, -0.05) is 26.2 Å². The Morgan fingerprint density at radius 1 is 1.47 bits per heavy atom. The first-order chi connectivity index (χ1) is 8.31. The molecule has 4 heteroatoms. The van der Waals surface area contributed by atoms with Crippen LogP contribution in [0.25, 0.3) is 0 Å². The molecule has 1 aliphatic carbocycles. The van der Waals surface area contributed by atoms with Gasteiger partial charge in [-0.3, -0.25) is 0 Å². The zero-order chi connectivity index (χ0) is 12.1.